The molecule has 0 bridgehead atoms. The van der Waals surface area contributed by atoms with Crippen LogP contribution in [0.25, 0.3) is 0 Å². The van der Waals surface area contributed by atoms with E-state index < -0.39 is 0 Å². The van der Waals surface area contributed by atoms with Crippen LogP contribution in [0.15, 0.2) is 11.1 Å². The lowest BCUT2D eigenvalue weighted by Gasteiger charge is -1.99. The summed E-state index contributed by atoms with van der Waals surface area (Å²) in [6, 6.07) is 1.94. The van der Waals surface area contributed by atoms with Crippen LogP contribution in [0.5, 0.6) is 0 Å². The van der Waals surface area contributed by atoms with E-state index in [1.165, 1.54) is 6.33 Å². The molecule has 0 radical (unpaired) electrons. The molecule has 1 N–H and O–H groups in total. The van der Waals surface area contributed by atoms with E-state index in [-0.39, 0.29) is 12.0 Å². The second kappa shape index (κ2) is 3.67. The van der Waals surface area contributed by atoms with Gasteiger partial charge in [0.15, 0.2) is 0 Å². The molecular formula is C8H9N3O. The summed E-state index contributed by atoms with van der Waals surface area (Å²) in [6.07, 6.45) is 2.18. The molecule has 0 aromatic carbocycles. The van der Waals surface area contributed by atoms with Crippen molar-refractivity contribution in [2.24, 2.45) is 0 Å². The maximum atomic E-state index is 11.1. The topological polar surface area (TPSA) is 69.5 Å². The summed E-state index contributed by atoms with van der Waals surface area (Å²) >= 11 is 0. The van der Waals surface area contributed by atoms with Gasteiger partial charge in [0.05, 0.1) is 30.1 Å². The van der Waals surface area contributed by atoms with Crippen LogP contribution in [0.4, 0.5) is 0 Å². The minimum Gasteiger partial charge on any atom is -0.313 e. The number of nitrogens with zero attached hydrogens (tertiary/aromatic N) is 2. The van der Waals surface area contributed by atoms with Crippen molar-refractivity contribution < 1.29 is 0 Å². The highest BCUT2D eigenvalue weighted by molar-refractivity contribution is 5.19. The molecule has 0 unspecified atom stereocenters. The number of nitrogens with one attached hydrogen (secondary N) is 1. The van der Waals surface area contributed by atoms with Gasteiger partial charge in [-0.05, 0) is 6.42 Å². The Bertz CT molecular complexity index is 361. The van der Waals surface area contributed by atoms with Crippen molar-refractivity contribution in [1.82, 2.24) is 9.97 Å². The molecule has 0 spiro atoms. The van der Waals surface area contributed by atoms with E-state index >= 15 is 0 Å². The van der Waals surface area contributed by atoms with Gasteiger partial charge < -0.3 is 4.98 Å². The van der Waals surface area contributed by atoms with Gasteiger partial charge in [0.1, 0.15) is 0 Å². The first-order chi connectivity index (χ1) is 5.79. The Kier molecular flexibility index (Phi) is 2.59. The van der Waals surface area contributed by atoms with Crippen molar-refractivity contribution in [2.45, 2.75) is 19.8 Å². The number of aryl methyl sites for hydroxylation is 1. The van der Waals surface area contributed by atoms with E-state index in [2.05, 4.69) is 9.97 Å². The Morgan fingerprint density at radius 2 is 2.50 bits per heavy atom. The standard InChI is InChI=1S/C8H9N3O/c1-2-7-6(3-4-9)8(12)11-5-10-7/h5H,2-3H2,1H3,(H,10,11,12). The molecule has 62 valence electrons. The van der Waals surface area contributed by atoms with Crippen LogP contribution in [0.2, 0.25) is 0 Å². The van der Waals surface area contributed by atoms with Crippen LogP contribution in [-0.2, 0) is 12.8 Å². The van der Waals surface area contributed by atoms with Gasteiger partial charge in [0.25, 0.3) is 5.56 Å². The summed E-state index contributed by atoms with van der Waals surface area (Å²) in [5.41, 5.74) is 0.992. The molecular weight excluding hydrogens is 154 g/mol. The average Bonchev–Trinajstić information content (AvgIpc) is 2.09. The molecule has 1 rings (SSSR count). The smallest absolute Gasteiger partial charge is 0.255 e. The first-order valence-corrected chi connectivity index (χ1v) is 3.72. The predicted octanol–water partition coefficient (Wildman–Crippen LogP) is 0.398. The zero-order chi connectivity index (χ0) is 8.97. The van der Waals surface area contributed by atoms with Crippen molar-refractivity contribution in [3.8, 4) is 6.07 Å². The summed E-state index contributed by atoms with van der Waals surface area (Å²) in [5.74, 6) is 0. The average molecular weight is 163 g/mol. The van der Waals surface area contributed by atoms with Gasteiger partial charge in [-0.3, -0.25) is 4.79 Å². The fourth-order valence-electron chi connectivity index (χ4n) is 1.03. The van der Waals surface area contributed by atoms with Gasteiger partial charge in [0, 0.05) is 0 Å². The maximum absolute atomic E-state index is 11.1. The normalized spacial score (nSPS) is 9.33. The third kappa shape index (κ3) is 1.51. The van der Waals surface area contributed by atoms with E-state index in [1.807, 2.05) is 13.0 Å². The number of H-pyrrole nitrogens is 1. The quantitative estimate of drug-likeness (QED) is 0.686. The van der Waals surface area contributed by atoms with E-state index in [1.54, 1.807) is 0 Å². The molecule has 0 amide bonds. The summed E-state index contributed by atoms with van der Waals surface area (Å²) in [5, 5.41) is 8.43. The molecule has 0 saturated heterocycles. The Hall–Kier alpha value is -1.63. The van der Waals surface area contributed by atoms with E-state index in [0.717, 1.165) is 0 Å². The fourth-order valence-corrected chi connectivity index (χ4v) is 1.03. The largest absolute Gasteiger partial charge is 0.313 e. The van der Waals surface area contributed by atoms with Crippen LogP contribution < -0.4 is 5.56 Å². The number of aromatic nitrogens is 2. The molecule has 12 heavy (non-hydrogen) atoms. The lowest BCUT2D eigenvalue weighted by molar-refractivity contribution is 0.929. The van der Waals surface area contributed by atoms with Crippen LogP contribution in [0, 0.1) is 11.3 Å². The third-order valence-corrected chi connectivity index (χ3v) is 1.63. The molecule has 4 nitrogen and oxygen atoms in total. The van der Waals surface area contributed by atoms with Crippen molar-refractivity contribution in [1.29, 1.82) is 5.26 Å². The van der Waals surface area contributed by atoms with Gasteiger partial charge in [-0.1, -0.05) is 6.92 Å². The molecule has 0 aliphatic rings. The van der Waals surface area contributed by atoms with Gasteiger partial charge in [0.2, 0.25) is 0 Å². The highest BCUT2D eigenvalue weighted by Crippen LogP contribution is 1.99. The maximum Gasteiger partial charge on any atom is 0.255 e. The van der Waals surface area contributed by atoms with Gasteiger partial charge in [-0.25, -0.2) is 4.98 Å². The van der Waals surface area contributed by atoms with Gasteiger partial charge in [-0.2, -0.15) is 5.26 Å². The number of rotatable bonds is 2. The Balaban J connectivity index is 3.22. The first kappa shape index (κ1) is 8.47. The highest BCUT2D eigenvalue weighted by Gasteiger charge is 2.04. The van der Waals surface area contributed by atoms with E-state index in [9.17, 15) is 4.79 Å². The summed E-state index contributed by atoms with van der Waals surface area (Å²) in [7, 11) is 0. The Morgan fingerprint density at radius 1 is 1.75 bits per heavy atom. The summed E-state index contributed by atoms with van der Waals surface area (Å²) in [4.78, 5) is 17.6. The number of aromatic amines is 1. The molecule has 1 aromatic rings. The summed E-state index contributed by atoms with van der Waals surface area (Å²) in [6.45, 7) is 1.91. The molecule has 4 heteroatoms. The van der Waals surface area contributed by atoms with Crippen LogP contribution in [0.3, 0.4) is 0 Å². The minimum absolute atomic E-state index is 0.131. The van der Waals surface area contributed by atoms with Crippen molar-refractivity contribution in [3.05, 3.63) is 27.9 Å². The van der Waals surface area contributed by atoms with Crippen LogP contribution in [-0.4, -0.2) is 9.97 Å². The zero-order valence-corrected chi connectivity index (χ0v) is 6.79. The molecule has 0 fully saturated rings. The summed E-state index contributed by atoms with van der Waals surface area (Å²) < 4.78 is 0. The lowest BCUT2D eigenvalue weighted by Crippen LogP contribution is -2.15. The van der Waals surface area contributed by atoms with E-state index in [0.29, 0.717) is 17.7 Å². The number of hydrogen-bond acceptors (Lipinski definition) is 3. The van der Waals surface area contributed by atoms with E-state index in [4.69, 9.17) is 5.26 Å². The minimum atomic E-state index is -0.205. The lowest BCUT2D eigenvalue weighted by atomic mass is 10.1. The Morgan fingerprint density at radius 3 is 3.08 bits per heavy atom. The first-order valence-electron chi connectivity index (χ1n) is 3.72. The number of hydrogen-bond donors (Lipinski definition) is 1. The van der Waals surface area contributed by atoms with Gasteiger partial charge in [-0.15, -0.1) is 0 Å². The fraction of sp³-hybridized carbons (Fsp3) is 0.375. The van der Waals surface area contributed by atoms with Crippen molar-refractivity contribution in [2.75, 3.05) is 0 Å². The van der Waals surface area contributed by atoms with Crippen molar-refractivity contribution >= 4 is 0 Å². The molecule has 1 heterocycles. The highest BCUT2D eigenvalue weighted by atomic mass is 16.1. The van der Waals surface area contributed by atoms with Crippen LogP contribution in [0.1, 0.15) is 18.2 Å². The Labute approximate surface area is 69.9 Å². The predicted molar refractivity (Wildman–Crippen MR) is 43.6 cm³/mol. The van der Waals surface area contributed by atoms with Crippen molar-refractivity contribution in [3.63, 3.8) is 0 Å². The molecule has 0 saturated carbocycles. The molecule has 0 aliphatic heterocycles. The SMILES string of the molecule is CCc1nc[nH]c(=O)c1CC#N. The second-order valence-corrected chi connectivity index (χ2v) is 2.35. The molecule has 0 aliphatic carbocycles. The monoisotopic (exact) mass is 163 g/mol. The second-order valence-electron chi connectivity index (χ2n) is 2.35. The molecule has 1 aromatic heterocycles. The van der Waals surface area contributed by atoms with Gasteiger partial charge >= 0.3 is 0 Å². The zero-order valence-electron chi connectivity index (χ0n) is 6.79. The molecule has 0 atom stereocenters. The third-order valence-electron chi connectivity index (χ3n) is 1.63. The number of nitriles is 1. The van der Waals surface area contributed by atoms with Crippen LogP contribution >= 0.6 is 0 Å².